The molecule has 1 unspecified atom stereocenters. The molecule has 0 aliphatic carbocycles. The Morgan fingerprint density at radius 3 is 1.77 bits per heavy atom. The molecule has 0 aliphatic heterocycles. The van der Waals surface area contributed by atoms with Crippen LogP contribution in [-0.4, -0.2) is 19.2 Å². The third-order valence-corrected chi connectivity index (χ3v) is 6.28. The van der Waals surface area contributed by atoms with E-state index in [-0.39, 0.29) is 12.1 Å². The first kappa shape index (κ1) is 28.9. The molecular weight excluding hydrogens is 436 g/mol. The van der Waals surface area contributed by atoms with E-state index in [4.69, 9.17) is 14.2 Å². The molecule has 2 rings (SSSR count). The Balaban J connectivity index is 1.68. The highest BCUT2D eigenvalue weighted by molar-refractivity contribution is 5.91. The molecule has 0 bridgehead atoms. The smallest absolute Gasteiger partial charge is 0.343 e. The van der Waals surface area contributed by atoms with E-state index in [0.29, 0.717) is 17.9 Å². The standard InChI is InChI=1S/C31H46O4/c1-4-6-8-10-12-14-24-33-26(3)27-16-22-30(23-17-27)35-31(32)28-18-20-29(21-19-28)34-25-15-13-11-9-7-5-2/h16-23,26H,4-15,24-25H2,1-3H3. The van der Waals surface area contributed by atoms with Gasteiger partial charge in [-0.3, -0.25) is 0 Å². The summed E-state index contributed by atoms with van der Waals surface area (Å²) in [6.45, 7) is 8.02. The fourth-order valence-electron chi connectivity index (χ4n) is 3.97. The van der Waals surface area contributed by atoms with Gasteiger partial charge < -0.3 is 14.2 Å². The van der Waals surface area contributed by atoms with Crippen LogP contribution >= 0.6 is 0 Å². The Morgan fingerprint density at radius 2 is 1.17 bits per heavy atom. The average Bonchev–Trinajstić information content (AvgIpc) is 2.88. The van der Waals surface area contributed by atoms with Gasteiger partial charge >= 0.3 is 5.97 Å². The van der Waals surface area contributed by atoms with Crippen molar-refractivity contribution in [3.63, 3.8) is 0 Å². The summed E-state index contributed by atoms with van der Waals surface area (Å²) in [7, 11) is 0. The summed E-state index contributed by atoms with van der Waals surface area (Å²) in [5.74, 6) is 0.951. The molecule has 0 spiro atoms. The minimum absolute atomic E-state index is 0.0271. The molecule has 0 fully saturated rings. The fourth-order valence-corrected chi connectivity index (χ4v) is 3.97. The zero-order chi connectivity index (χ0) is 25.1. The number of carbonyl (C=O) groups is 1. The second kappa shape index (κ2) is 18.0. The van der Waals surface area contributed by atoms with E-state index in [1.165, 1.54) is 64.2 Å². The summed E-state index contributed by atoms with van der Waals surface area (Å²) >= 11 is 0. The molecule has 0 saturated carbocycles. The molecule has 0 amide bonds. The van der Waals surface area contributed by atoms with Crippen LogP contribution in [0.25, 0.3) is 0 Å². The summed E-state index contributed by atoms with van der Waals surface area (Å²) < 4.78 is 17.3. The van der Waals surface area contributed by atoms with E-state index >= 15 is 0 Å². The van der Waals surface area contributed by atoms with Gasteiger partial charge in [0.25, 0.3) is 0 Å². The number of benzene rings is 2. The van der Waals surface area contributed by atoms with E-state index in [1.54, 1.807) is 12.1 Å². The topological polar surface area (TPSA) is 44.8 Å². The Hall–Kier alpha value is -2.33. The molecule has 194 valence electrons. The van der Waals surface area contributed by atoms with Crippen molar-refractivity contribution in [1.82, 2.24) is 0 Å². The zero-order valence-corrected chi connectivity index (χ0v) is 22.2. The van der Waals surface area contributed by atoms with Crippen LogP contribution in [0.4, 0.5) is 0 Å². The number of hydrogen-bond donors (Lipinski definition) is 0. The normalized spacial score (nSPS) is 11.9. The molecule has 0 heterocycles. The van der Waals surface area contributed by atoms with Crippen molar-refractivity contribution in [2.75, 3.05) is 13.2 Å². The summed E-state index contributed by atoms with van der Waals surface area (Å²) in [4.78, 5) is 12.5. The third-order valence-electron chi connectivity index (χ3n) is 6.28. The molecule has 4 heteroatoms. The number of hydrogen-bond acceptors (Lipinski definition) is 4. The lowest BCUT2D eigenvalue weighted by atomic mass is 10.1. The van der Waals surface area contributed by atoms with Crippen LogP contribution in [0.3, 0.4) is 0 Å². The van der Waals surface area contributed by atoms with Gasteiger partial charge in [0.2, 0.25) is 0 Å². The van der Waals surface area contributed by atoms with E-state index < -0.39 is 0 Å². The molecule has 4 nitrogen and oxygen atoms in total. The maximum atomic E-state index is 12.5. The lowest BCUT2D eigenvalue weighted by Gasteiger charge is -2.14. The van der Waals surface area contributed by atoms with Crippen molar-refractivity contribution in [2.24, 2.45) is 0 Å². The van der Waals surface area contributed by atoms with E-state index in [1.807, 2.05) is 36.4 Å². The predicted octanol–water partition coefficient (Wildman–Crippen LogP) is 9.08. The number of rotatable bonds is 19. The van der Waals surface area contributed by atoms with Crippen molar-refractivity contribution >= 4 is 5.97 Å². The Labute approximate surface area is 213 Å². The van der Waals surface area contributed by atoms with E-state index in [0.717, 1.165) is 30.8 Å². The van der Waals surface area contributed by atoms with Gasteiger partial charge in [0.05, 0.1) is 18.3 Å². The molecule has 0 aromatic heterocycles. The first-order valence-electron chi connectivity index (χ1n) is 13.8. The average molecular weight is 483 g/mol. The quantitative estimate of drug-likeness (QED) is 0.114. The van der Waals surface area contributed by atoms with Crippen molar-refractivity contribution in [3.8, 4) is 11.5 Å². The van der Waals surface area contributed by atoms with Gasteiger partial charge in [-0.1, -0.05) is 90.2 Å². The van der Waals surface area contributed by atoms with Gasteiger partial charge in [0.1, 0.15) is 11.5 Å². The Bertz CT molecular complexity index is 798. The zero-order valence-electron chi connectivity index (χ0n) is 22.2. The van der Waals surface area contributed by atoms with Crippen molar-refractivity contribution in [2.45, 2.75) is 104 Å². The van der Waals surface area contributed by atoms with Crippen LogP contribution in [0.5, 0.6) is 11.5 Å². The second-order valence-corrected chi connectivity index (χ2v) is 9.38. The largest absolute Gasteiger partial charge is 0.494 e. The highest BCUT2D eigenvalue weighted by atomic mass is 16.5. The molecule has 1 atom stereocenters. The first-order chi connectivity index (χ1) is 17.1. The van der Waals surface area contributed by atoms with Crippen LogP contribution in [0.2, 0.25) is 0 Å². The molecule has 0 saturated heterocycles. The van der Waals surface area contributed by atoms with E-state index in [2.05, 4.69) is 20.8 Å². The minimum atomic E-state index is -0.368. The van der Waals surface area contributed by atoms with Gasteiger partial charge in [0.15, 0.2) is 0 Å². The van der Waals surface area contributed by atoms with Crippen LogP contribution in [0.1, 0.15) is 120 Å². The first-order valence-corrected chi connectivity index (χ1v) is 13.8. The van der Waals surface area contributed by atoms with E-state index in [9.17, 15) is 4.79 Å². The van der Waals surface area contributed by atoms with Crippen molar-refractivity contribution in [3.05, 3.63) is 59.7 Å². The number of carbonyl (C=O) groups excluding carboxylic acids is 1. The van der Waals surface area contributed by atoms with Crippen LogP contribution in [0.15, 0.2) is 48.5 Å². The minimum Gasteiger partial charge on any atom is -0.494 e. The molecule has 35 heavy (non-hydrogen) atoms. The molecule has 2 aromatic carbocycles. The highest BCUT2D eigenvalue weighted by Crippen LogP contribution is 2.22. The van der Waals surface area contributed by atoms with Crippen molar-refractivity contribution < 1.29 is 19.0 Å². The van der Waals surface area contributed by atoms with Crippen LogP contribution < -0.4 is 9.47 Å². The molecule has 0 radical (unpaired) electrons. The van der Waals surface area contributed by atoms with Gasteiger partial charge in [-0.15, -0.1) is 0 Å². The molecule has 0 N–H and O–H groups in total. The Morgan fingerprint density at radius 1 is 0.657 bits per heavy atom. The molecule has 0 aliphatic rings. The lowest BCUT2D eigenvalue weighted by Crippen LogP contribution is -2.09. The number of unbranched alkanes of at least 4 members (excludes halogenated alkanes) is 10. The van der Waals surface area contributed by atoms with Gasteiger partial charge in [-0.05, 0) is 61.7 Å². The summed E-state index contributed by atoms with van der Waals surface area (Å²) in [5.41, 5.74) is 1.60. The SMILES string of the molecule is CCCCCCCCOc1ccc(C(=O)Oc2ccc(C(C)OCCCCCCCC)cc2)cc1. The highest BCUT2D eigenvalue weighted by Gasteiger charge is 2.11. The lowest BCUT2D eigenvalue weighted by molar-refractivity contribution is 0.0627. The second-order valence-electron chi connectivity index (χ2n) is 9.38. The number of esters is 1. The monoisotopic (exact) mass is 482 g/mol. The molecule has 2 aromatic rings. The third kappa shape index (κ3) is 12.3. The maximum absolute atomic E-state index is 12.5. The summed E-state index contributed by atoms with van der Waals surface area (Å²) in [5, 5.41) is 0. The van der Waals surface area contributed by atoms with Gasteiger partial charge in [0, 0.05) is 6.61 Å². The van der Waals surface area contributed by atoms with Crippen LogP contribution in [-0.2, 0) is 4.74 Å². The van der Waals surface area contributed by atoms with Crippen molar-refractivity contribution in [1.29, 1.82) is 0 Å². The van der Waals surface area contributed by atoms with Gasteiger partial charge in [-0.25, -0.2) is 4.79 Å². The number of ether oxygens (including phenoxy) is 3. The predicted molar refractivity (Wildman–Crippen MR) is 144 cm³/mol. The fraction of sp³-hybridized carbons (Fsp3) is 0.581. The maximum Gasteiger partial charge on any atom is 0.343 e. The molecular formula is C31H46O4. The van der Waals surface area contributed by atoms with Gasteiger partial charge in [-0.2, -0.15) is 0 Å². The van der Waals surface area contributed by atoms with Crippen LogP contribution in [0, 0.1) is 0 Å². The summed E-state index contributed by atoms with van der Waals surface area (Å²) in [6, 6.07) is 14.8. The summed E-state index contributed by atoms with van der Waals surface area (Å²) in [6.07, 6.45) is 15.0. The Kier molecular flexibility index (Phi) is 14.9.